The molecule has 0 amide bonds. The van der Waals surface area contributed by atoms with Crippen molar-refractivity contribution in [3.8, 4) is 0 Å². The van der Waals surface area contributed by atoms with Crippen molar-refractivity contribution >= 4 is 0 Å². The highest BCUT2D eigenvalue weighted by molar-refractivity contribution is 5.08. The largest absolute Gasteiger partial charge is 0.319 e. The first-order valence-electron chi connectivity index (χ1n) is 2.74. The standard InChI is InChI=1S/C5H7F2N3/c6-5(7)4(8)3-1-9-10-2-3/h1-2,4-5H,8H2,(H,9,10). The van der Waals surface area contributed by atoms with Crippen molar-refractivity contribution in [3.63, 3.8) is 0 Å². The average Bonchev–Trinajstić information content (AvgIpc) is 2.36. The summed E-state index contributed by atoms with van der Waals surface area (Å²) in [5.74, 6) is 0. The van der Waals surface area contributed by atoms with E-state index in [9.17, 15) is 8.78 Å². The molecule has 0 saturated carbocycles. The Labute approximate surface area is 56.2 Å². The molecule has 1 aromatic heterocycles. The number of alkyl halides is 2. The molecule has 1 atom stereocenters. The molecule has 0 spiro atoms. The van der Waals surface area contributed by atoms with Gasteiger partial charge in [0.2, 0.25) is 0 Å². The van der Waals surface area contributed by atoms with Crippen LogP contribution in [-0.4, -0.2) is 16.6 Å². The summed E-state index contributed by atoms with van der Waals surface area (Å²) in [5, 5.41) is 5.89. The van der Waals surface area contributed by atoms with Crippen LogP contribution in [0, 0.1) is 0 Å². The van der Waals surface area contributed by atoms with Gasteiger partial charge in [0.1, 0.15) is 0 Å². The molecule has 5 heteroatoms. The van der Waals surface area contributed by atoms with E-state index in [0.29, 0.717) is 5.56 Å². The molecule has 1 heterocycles. The van der Waals surface area contributed by atoms with Gasteiger partial charge in [-0.1, -0.05) is 0 Å². The maximum atomic E-state index is 11.8. The zero-order valence-electron chi connectivity index (χ0n) is 5.09. The molecular formula is C5H7F2N3. The summed E-state index contributed by atoms with van der Waals surface area (Å²) < 4.78 is 23.6. The Bertz CT molecular complexity index is 185. The molecule has 1 rings (SSSR count). The van der Waals surface area contributed by atoms with Crippen molar-refractivity contribution in [2.45, 2.75) is 12.5 Å². The highest BCUT2D eigenvalue weighted by atomic mass is 19.3. The molecule has 0 saturated heterocycles. The fourth-order valence-corrected chi connectivity index (χ4v) is 0.589. The van der Waals surface area contributed by atoms with Crippen molar-refractivity contribution in [2.75, 3.05) is 0 Å². The zero-order chi connectivity index (χ0) is 7.56. The summed E-state index contributed by atoms with van der Waals surface area (Å²) in [6.45, 7) is 0. The van der Waals surface area contributed by atoms with Crippen molar-refractivity contribution in [2.24, 2.45) is 5.73 Å². The van der Waals surface area contributed by atoms with Gasteiger partial charge in [0, 0.05) is 11.8 Å². The number of hydrogen-bond donors (Lipinski definition) is 2. The van der Waals surface area contributed by atoms with Crippen molar-refractivity contribution < 1.29 is 8.78 Å². The molecule has 56 valence electrons. The minimum Gasteiger partial charge on any atom is -0.319 e. The highest BCUT2D eigenvalue weighted by Crippen LogP contribution is 2.15. The van der Waals surface area contributed by atoms with Gasteiger partial charge in [-0.05, 0) is 0 Å². The van der Waals surface area contributed by atoms with Crippen molar-refractivity contribution in [1.82, 2.24) is 10.2 Å². The second-order valence-corrected chi connectivity index (χ2v) is 1.89. The molecule has 0 fully saturated rings. The normalized spacial score (nSPS) is 14.0. The van der Waals surface area contributed by atoms with Gasteiger partial charge >= 0.3 is 0 Å². The Morgan fingerprint density at radius 2 is 2.30 bits per heavy atom. The first kappa shape index (κ1) is 7.14. The maximum absolute atomic E-state index is 11.8. The molecule has 3 nitrogen and oxygen atoms in total. The van der Waals surface area contributed by atoms with Gasteiger partial charge in [0.25, 0.3) is 6.43 Å². The van der Waals surface area contributed by atoms with Gasteiger partial charge in [-0.2, -0.15) is 5.10 Å². The molecule has 0 aliphatic rings. The second kappa shape index (κ2) is 2.74. The molecule has 0 radical (unpaired) electrons. The summed E-state index contributed by atoms with van der Waals surface area (Å²) in [5.41, 5.74) is 5.40. The first-order chi connectivity index (χ1) is 4.72. The van der Waals surface area contributed by atoms with E-state index in [1.54, 1.807) is 0 Å². The van der Waals surface area contributed by atoms with Crippen LogP contribution in [0.15, 0.2) is 12.4 Å². The van der Waals surface area contributed by atoms with Crippen LogP contribution < -0.4 is 5.73 Å². The molecule has 0 aliphatic heterocycles. The third kappa shape index (κ3) is 1.30. The van der Waals surface area contributed by atoms with E-state index in [2.05, 4.69) is 10.2 Å². The van der Waals surface area contributed by atoms with Gasteiger partial charge in [-0.15, -0.1) is 0 Å². The van der Waals surface area contributed by atoms with E-state index in [1.807, 2.05) is 0 Å². The fraction of sp³-hybridized carbons (Fsp3) is 0.400. The minimum absolute atomic E-state index is 0.329. The number of nitrogens with two attached hydrogens (primary N) is 1. The molecule has 0 aliphatic carbocycles. The Morgan fingerprint density at radius 3 is 2.70 bits per heavy atom. The smallest absolute Gasteiger partial charge is 0.257 e. The molecule has 10 heavy (non-hydrogen) atoms. The lowest BCUT2D eigenvalue weighted by Gasteiger charge is -2.05. The monoisotopic (exact) mass is 147 g/mol. The number of aromatic nitrogens is 2. The summed E-state index contributed by atoms with van der Waals surface area (Å²) in [4.78, 5) is 0. The zero-order valence-corrected chi connectivity index (χ0v) is 5.09. The van der Waals surface area contributed by atoms with E-state index in [4.69, 9.17) is 5.73 Å². The summed E-state index contributed by atoms with van der Waals surface area (Å²) in [7, 11) is 0. The van der Waals surface area contributed by atoms with E-state index >= 15 is 0 Å². The summed E-state index contributed by atoms with van der Waals surface area (Å²) in [6.07, 6.45) is 0.116. The Balaban J connectivity index is 2.68. The Morgan fingerprint density at radius 1 is 1.60 bits per heavy atom. The number of aromatic amines is 1. The number of H-pyrrole nitrogens is 1. The quantitative estimate of drug-likeness (QED) is 0.646. The van der Waals surface area contributed by atoms with Gasteiger partial charge in [0.05, 0.1) is 12.2 Å². The highest BCUT2D eigenvalue weighted by Gasteiger charge is 2.17. The number of nitrogens with one attached hydrogen (secondary N) is 1. The third-order valence-corrected chi connectivity index (χ3v) is 1.18. The average molecular weight is 147 g/mol. The molecule has 1 aromatic rings. The Kier molecular flexibility index (Phi) is 1.96. The van der Waals surface area contributed by atoms with Crippen LogP contribution in [0.1, 0.15) is 11.6 Å². The summed E-state index contributed by atoms with van der Waals surface area (Å²) in [6, 6.07) is -1.22. The third-order valence-electron chi connectivity index (χ3n) is 1.18. The fourth-order valence-electron chi connectivity index (χ4n) is 0.589. The Hall–Kier alpha value is -0.970. The lowest BCUT2D eigenvalue weighted by atomic mass is 10.2. The van der Waals surface area contributed by atoms with Crippen LogP contribution in [0.2, 0.25) is 0 Å². The molecule has 3 N–H and O–H groups in total. The molecule has 0 aromatic carbocycles. The minimum atomic E-state index is -2.53. The van der Waals surface area contributed by atoms with Gasteiger partial charge in [-0.25, -0.2) is 8.78 Å². The molecule has 1 unspecified atom stereocenters. The molecular weight excluding hydrogens is 140 g/mol. The van der Waals surface area contributed by atoms with E-state index in [1.165, 1.54) is 12.4 Å². The number of hydrogen-bond acceptors (Lipinski definition) is 2. The van der Waals surface area contributed by atoms with Gasteiger partial charge < -0.3 is 5.73 Å². The van der Waals surface area contributed by atoms with Crippen LogP contribution in [0.5, 0.6) is 0 Å². The SMILES string of the molecule is NC(c1cn[nH]c1)C(F)F. The lowest BCUT2D eigenvalue weighted by molar-refractivity contribution is 0.116. The predicted molar refractivity (Wildman–Crippen MR) is 31.5 cm³/mol. The van der Waals surface area contributed by atoms with Crippen LogP contribution in [0.25, 0.3) is 0 Å². The van der Waals surface area contributed by atoms with E-state index in [0.717, 1.165) is 0 Å². The van der Waals surface area contributed by atoms with E-state index in [-0.39, 0.29) is 0 Å². The summed E-state index contributed by atoms with van der Waals surface area (Å²) >= 11 is 0. The van der Waals surface area contributed by atoms with Crippen LogP contribution in [0.3, 0.4) is 0 Å². The van der Waals surface area contributed by atoms with Gasteiger partial charge in [0.15, 0.2) is 0 Å². The predicted octanol–water partition coefficient (Wildman–Crippen LogP) is 0.675. The topological polar surface area (TPSA) is 54.7 Å². The van der Waals surface area contributed by atoms with Crippen LogP contribution in [-0.2, 0) is 0 Å². The number of nitrogens with zero attached hydrogens (tertiary/aromatic N) is 1. The van der Waals surface area contributed by atoms with Crippen molar-refractivity contribution in [3.05, 3.63) is 18.0 Å². The maximum Gasteiger partial charge on any atom is 0.257 e. The first-order valence-corrected chi connectivity index (χ1v) is 2.74. The van der Waals surface area contributed by atoms with Crippen LogP contribution >= 0.6 is 0 Å². The number of rotatable bonds is 2. The number of halogens is 2. The molecule has 0 bridgehead atoms. The lowest BCUT2D eigenvalue weighted by Crippen LogP contribution is -2.17. The second-order valence-electron chi connectivity index (χ2n) is 1.89. The van der Waals surface area contributed by atoms with Crippen LogP contribution in [0.4, 0.5) is 8.78 Å². The van der Waals surface area contributed by atoms with E-state index < -0.39 is 12.5 Å². The van der Waals surface area contributed by atoms with Gasteiger partial charge in [-0.3, -0.25) is 5.10 Å². The van der Waals surface area contributed by atoms with Crippen molar-refractivity contribution in [1.29, 1.82) is 0 Å².